The van der Waals surface area contributed by atoms with Crippen molar-refractivity contribution in [2.24, 2.45) is 0 Å². The Bertz CT molecular complexity index is 837. The summed E-state index contributed by atoms with van der Waals surface area (Å²) in [4.78, 5) is 12.3. The lowest BCUT2D eigenvalue weighted by molar-refractivity contribution is -0.137. The summed E-state index contributed by atoms with van der Waals surface area (Å²) >= 11 is 0. The predicted octanol–water partition coefficient (Wildman–Crippen LogP) is 5.08. The summed E-state index contributed by atoms with van der Waals surface area (Å²) in [5, 5.41) is 2.53. The normalized spacial score (nSPS) is 11.1. The average molecular weight is 411 g/mol. The number of nitrogens with one attached hydrogen (secondary N) is 1. The minimum Gasteiger partial charge on any atom is -0.493 e. The van der Waals surface area contributed by atoms with E-state index >= 15 is 0 Å². The summed E-state index contributed by atoms with van der Waals surface area (Å²) < 4.78 is 54.9. The first-order chi connectivity index (χ1) is 13.8. The van der Waals surface area contributed by atoms with Gasteiger partial charge in [0.15, 0.2) is 11.5 Å². The maximum absolute atomic E-state index is 13.0. The van der Waals surface area contributed by atoms with Crippen molar-refractivity contribution < 1.29 is 32.2 Å². The van der Waals surface area contributed by atoms with Gasteiger partial charge in [0.25, 0.3) is 0 Å². The molecular formula is C21H24F3NO4. The van der Waals surface area contributed by atoms with Crippen LogP contribution in [0.25, 0.3) is 0 Å². The first-order valence-corrected chi connectivity index (χ1v) is 9.13. The second-order valence-corrected chi connectivity index (χ2v) is 6.29. The molecule has 29 heavy (non-hydrogen) atoms. The maximum Gasteiger partial charge on any atom is 0.416 e. The fourth-order valence-electron chi connectivity index (χ4n) is 2.65. The van der Waals surface area contributed by atoms with Crippen LogP contribution in [0, 0.1) is 0 Å². The second kappa shape index (κ2) is 10.0. The Hall–Kier alpha value is -2.90. The highest BCUT2D eigenvalue weighted by Crippen LogP contribution is 2.35. The van der Waals surface area contributed by atoms with Crippen LogP contribution in [0.3, 0.4) is 0 Å². The van der Waals surface area contributed by atoms with Crippen LogP contribution in [0.4, 0.5) is 18.9 Å². The number of methoxy groups -OCH3 is 2. The van der Waals surface area contributed by atoms with Crippen molar-refractivity contribution >= 4 is 11.6 Å². The number of rotatable bonds is 9. The third-order valence-corrected chi connectivity index (χ3v) is 4.13. The second-order valence-electron chi connectivity index (χ2n) is 6.29. The Morgan fingerprint density at radius 3 is 2.31 bits per heavy atom. The molecular weight excluding hydrogens is 387 g/mol. The number of alkyl halides is 3. The zero-order valence-corrected chi connectivity index (χ0v) is 16.6. The van der Waals surface area contributed by atoms with Gasteiger partial charge in [0.2, 0.25) is 5.91 Å². The van der Waals surface area contributed by atoms with E-state index in [1.165, 1.54) is 20.3 Å². The quantitative estimate of drug-likeness (QED) is 0.625. The van der Waals surface area contributed by atoms with Crippen molar-refractivity contribution in [3.05, 3.63) is 47.5 Å². The van der Waals surface area contributed by atoms with Crippen molar-refractivity contribution in [2.75, 3.05) is 26.1 Å². The first kappa shape index (κ1) is 22.4. The lowest BCUT2D eigenvalue weighted by Crippen LogP contribution is -2.15. The molecule has 1 amide bonds. The van der Waals surface area contributed by atoms with Gasteiger partial charge in [0.05, 0.1) is 32.1 Å². The van der Waals surface area contributed by atoms with Gasteiger partial charge in [-0.3, -0.25) is 4.79 Å². The standard InChI is InChI=1S/C21H24F3NO4/c1-4-11-29-17-9-7-15(21(22,23)24)13-16(17)25-20(26)10-6-14-5-8-18(27-2)19(12-14)28-3/h5,7-9,12-13H,4,6,10-11H2,1-3H3,(H,25,26). The van der Waals surface area contributed by atoms with Crippen LogP contribution >= 0.6 is 0 Å². The molecule has 0 saturated heterocycles. The van der Waals surface area contributed by atoms with Crippen LogP contribution in [-0.2, 0) is 17.4 Å². The average Bonchev–Trinajstić information content (AvgIpc) is 2.70. The van der Waals surface area contributed by atoms with Crippen molar-refractivity contribution in [3.63, 3.8) is 0 Å². The number of carbonyl (C=O) groups is 1. The van der Waals surface area contributed by atoms with E-state index in [0.29, 0.717) is 30.9 Å². The number of ether oxygens (including phenoxy) is 3. The number of amides is 1. The fourth-order valence-corrected chi connectivity index (χ4v) is 2.65. The van der Waals surface area contributed by atoms with Gasteiger partial charge in [-0.05, 0) is 48.7 Å². The molecule has 0 unspecified atom stereocenters. The summed E-state index contributed by atoms with van der Waals surface area (Å²) in [6.07, 6.45) is -3.36. The molecule has 1 N–H and O–H groups in total. The summed E-state index contributed by atoms with van der Waals surface area (Å²) in [5.74, 6) is 0.903. The van der Waals surface area contributed by atoms with Crippen LogP contribution in [0.2, 0.25) is 0 Å². The Kier molecular flexibility index (Phi) is 7.75. The number of carbonyl (C=O) groups excluding carboxylic acids is 1. The van der Waals surface area contributed by atoms with E-state index < -0.39 is 17.6 Å². The van der Waals surface area contributed by atoms with Gasteiger partial charge in [-0.2, -0.15) is 13.2 Å². The molecule has 5 nitrogen and oxygen atoms in total. The minimum atomic E-state index is -4.51. The van der Waals surface area contributed by atoms with Gasteiger partial charge in [0, 0.05) is 6.42 Å². The Morgan fingerprint density at radius 2 is 1.69 bits per heavy atom. The summed E-state index contributed by atoms with van der Waals surface area (Å²) in [7, 11) is 3.04. The van der Waals surface area contributed by atoms with Gasteiger partial charge in [0.1, 0.15) is 5.75 Å². The SMILES string of the molecule is CCCOc1ccc(C(F)(F)F)cc1NC(=O)CCc1ccc(OC)c(OC)c1. The molecule has 0 radical (unpaired) electrons. The van der Waals surface area contributed by atoms with Gasteiger partial charge >= 0.3 is 6.18 Å². The van der Waals surface area contributed by atoms with E-state index in [0.717, 1.165) is 17.7 Å². The zero-order chi connectivity index (χ0) is 21.4. The lowest BCUT2D eigenvalue weighted by Gasteiger charge is -2.15. The van der Waals surface area contributed by atoms with E-state index in [1.807, 2.05) is 6.92 Å². The number of hydrogen-bond acceptors (Lipinski definition) is 4. The van der Waals surface area contributed by atoms with Crippen LogP contribution in [0.5, 0.6) is 17.2 Å². The zero-order valence-electron chi connectivity index (χ0n) is 16.6. The third-order valence-electron chi connectivity index (χ3n) is 4.13. The molecule has 0 atom stereocenters. The number of hydrogen-bond donors (Lipinski definition) is 1. The molecule has 0 bridgehead atoms. The third kappa shape index (κ3) is 6.30. The van der Waals surface area contributed by atoms with E-state index in [2.05, 4.69) is 5.32 Å². The summed E-state index contributed by atoms with van der Waals surface area (Å²) in [6, 6.07) is 8.34. The Balaban J connectivity index is 2.10. The van der Waals surface area contributed by atoms with Gasteiger partial charge in [-0.25, -0.2) is 0 Å². The van der Waals surface area contributed by atoms with E-state index in [-0.39, 0.29) is 17.9 Å². The number of benzene rings is 2. The highest BCUT2D eigenvalue weighted by atomic mass is 19.4. The topological polar surface area (TPSA) is 56.8 Å². The van der Waals surface area contributed by atoms with Gasteiger partial charge in [-0.15, -0.1) is 0 Å². The van der Waals surface area contributed by atoms with Crippen molar-refractivity contribution in [3.8, 4) is 17.2 Å². The molecule has 2 aromatic carbocycles. The highest BCUT2D eigenvalue weighted by molar-refractivity contribution is 5.92. The van der Waals surface area contributed by atoms with E-state index in [1.54, 1.807) is 18.2 Å². The predicted molar refractivity (Wildman–Crippen MR) is 104 cm³/mol. The highest BCUT2D eigenvalue weighted by Gasteiger charge is 2.31. The lowest BCUT2D eigenvalue weighted by atomic mass is 10.1. The molecule has 2 aromatic rings. The molecule has 0 aromatic heterocycles. The molecule has 0 aliphatic carbocycles. The van der Waals surface area contributed by atoms with E-state index in [9.17, 15) is 18.0 Å². The van der Waals surface area contributed by atoms with E-state index in [4.69, 9.17) is 14.2 Å². The van der Waals surface area contributed by atoms with Gasteiger partial charge < -0.3 is 19.5 Å². The monoisotopic (exact) mass is 411 g/mol. The Morgan fingerprint density at radius 1 is 1.00 bits per heavy atom. The largest absolute Gasteiger partial charge is 0.493 e. The molecule has 0 heterocycles. The molecule has 0 aliphatic rings. The summed E-state index contributed by atoms with van der Waals surface area (Å²) in [5.41, 5.74) is -0.00794. The smallest absolute Gasteiger partial charge is 0.416 e. The first-order valence-electron chi connectivity index (χ1n) is 9.13. The van der Waals surface area contributed by atoms with Crippen molar-refractivity contribution in [2.45, 2.75) is 32.4 Å². The molecule has 0 fully saturated rings. The fraction of sp³-hybridized carbons (Fsp3) is 0.381. The molecule has 0 aliphatic heterocycles. The van der Waals surface area contributed by atoms with Crippen LogP contribution in [0.15, 0.2) is 36.4 Å². The van der Waals surface area contributed by atoms with Crippen LogP contribution in [-0.4, -0.2) is 26.7 Å². The molecule has 158 valence electrons. The van der Waals surface area contributed by atoms with Gasteiger partial charge in [-0.1, -0.05) is 13.0 Å². The Labute approximate surface area is 167 Å². The molecule has 0 spiro atoms. The minimum absolute atomic E-state index is 0.00517. The maximum atomic E-state index is 13.0. The number of halogens is 3. The van der Waals surface area contributed by atoms with Crippen LogP contribution < -0.4 is 19.5 Å². The van der Waals surface area contributed by atoms with Crippen LogP contribution in [0.1, 0.15) is 30.9 Å². The summed E-state index contributed by atoms with van der Waals surface area (Å²) in [6.45, 7) is 2.21. The van der Waals surface area contributed by atoms with Crippen molar-refractivity contribution in [1.29, 1.82) is 0 Å². The number of aryl methyl sites for hydroxylation is 1. The molecule has 2 rings (SSSR count). The molecule has 0 saturated carbocycles. The van der Waals surface area contributed by atoms with Crippen molar-refractivity contribution in [1.82, 2.24) is 0 Å². The number of anilines is 1. The molecule has 8 heteroatoms.